The van der Waals surface area contributed by atoms with Crippen LogP contribution in [-0.4, -0.2) is 44.2 Å². The Bertz CT molecular complexity index is 341. The van der Waals surface area contributed by atoms with E-state index in [1.54, 1.807) is 0 Å². The van der Waals surface area contributed by atoms with E-state index in [4.69, 9.17) is 4.74 Å². The number of ether oxygens (including phenoxy) is 1. The van der Waals surface area contributed by atoms with Gasteiger partial charge in [0.05, 0.1) is 33.8 Å². The van der Waals surface area contributed by atoms with Crippen LogP contribution in [0, 0.1) is 0 Å². The lowest BCUT2D eigenvalue weighted by atomic mass is 10.1. The molecule has 0 fully saturated rings. The summed E-state index contributed by atoms with van der Waals surface area (Å²) in [6, 6.07) is 0. The third-order valence-corrected chi connectivity index (χ3v) is 5.77. The standard InChI is InChI=1S/C25H52NO2/c1-5-7-9-10-11-12-13-14-15-20-24-28-25(27)21-17-16-19-23-26(3,4)22-18-8-6-2/h5-24H2,1-4H3/q+1. The molecule has 3 heteroatoms. The van der Waals surface area contributed by atoms with Crippen molar-refractivity contribution in [2.45, 2.75) is 123 Å². The lowest BCUT2D eigenvalue weighted by Gasteiger charge is -2.29. The molecule has 0 saturated heterocycles. The summed E-state index contributed by atoms with van der Waals surface area (Å²) >= 11 is 0. The molecule has 0 aliphatic rings. The first-order valence-electron chi connectivity index (χ1n) is 12.5. The van der Waals surface area contributed by atoms with Crippen molar-refractivity contribution in [1.82, 2.24) is 0 Å². The molecule has 0 aromatic heterocycles. The number of hydrogen-bond acceptors (Lipinski definition) is 2. The largest absolute Gasteiger partial charge is 0.466 e. The van der Waals surface area contributed by atoms with Gasteiger partial charge in [-0.1, -0.05) is 78.1 Å². The van der Waals surface area contributed by atoms with E-state index in [2.05, 4.69) is 27.9 Å². The Balaban J connectivity index is 3.35. The molecule has 0 bridgehead atoms. The van der Waals surface area contributed by atoms with E-state index in [1.165, 1.54) is 96.6 Å². The molecule has 0 unspecified atom stereocenters. The van der Waals surface area contributed by atoms with Gasteiger partial charge in [-0.2, -0.15) is 0 Å². The summed E-state index contributed by atoms with van der Waals surface area (Å²) in [5.74, 6) is 0.00706. The fraction of sp³-hybridized carbons (Fsp3) is 0.960. The molecule has 0 amide bonds. The van der Waals surface area contributed by atoms with Crippen molar-refractivity contribution in [3.05, 3.63) is 0 Å². The quantitative estimate of drug-likeness (QED) is 0.115. The Morgan fingerprint density at radius 2 is 1.04 bits per heavy atom. The zero-order valence-corrected chi connectivity index (χ0v) is 19.9. The van der Waals surface area contributed by atoms with Crippen molar-refractivity contribution < 1.29 is 14.0 Å². The number of carbonyl (C=O) groups excluding carboxylic acids is 1. The van der Waals surface area contributed by atoms with Gasteiger partial charge in [-0.3, -0.25) is 4.79 Å². The minimum Gasteiger partial charge on any atom is -0.466 e. The predicted octanol–water partition coefficient (Wildman–Crippen LogP) is 7.28. The highest BCUT2D eigenvalue weighted by Crippen LogP contribution is 2.11. The second-order valence-corrected chi connectivity index (χ2v) is 9.30. The van der Waals surface area contributed by atoms with Gasteiger partial charge in [-0.15, -0.1) is 0 Å². The summed E-state index contributed by atoms with van der Waals surface area (Å²) in [7, 11) is 4.66. The molecule has 0 rings (SSSR count). The molecular weight excluding hydrogens is 346 g/mol. The topological polar surface area (TPSA) is 26.3 Å². The van der Waals surface area contributed by atoms with Crippen LogP contribution in [0.3, 0.4) is 0 Å². The second kappa shape index (κ2) is 19.7. The van der Waals surface area contributed by atoms with Gasteiger partial charge in [0.2, 0.25) is 0 Å². The van der Waals surface area contributed by atoms with E-state index >= 15 is 0 Å². The lowest BCUT2D eigenvalue weighted by Crippen LogP contribution is -2.41. The third-order valence-electron chi connectivity index (χ3n) is 5.77. The maximum Gasteiger partial charge on any atom is 0.305 e. The monoisotopic (exact) mass is 398 g/mol. The van der Waals surface area contributed by atoms with E-state index in [9.17, 15) is 4.79 Å². The third kappa shape index (κ3) is 20.2. The number of esters is 1. The number of nitrogens with zero attached hydrogens (tertiary/aromatic N) is 1. The Labute approximate surface area is 177 Å². The number of unbranched alkanes of at least 4 members (excludes halogenated alkanes) is 13. The normalized spacial score (nSPS) is 11.7. The van der Waals surface area contributed by atoms with Crippen LogP contribution in [0.4, 0.5) is 0 Å². The molecule has 0 aromatic rings. The van der Waals surface area contributed by atoms with Crippen LogP contribution >= 0.6 is 0 Å². The fourth-order valence-electron chi connectivity index (χ4n) is 3.74. The van der Waals surface area contributed by atoms with E-state index in [0.29, 0.717) is 13.0 Å². The van der Waals surface area contributed by atoms with Crippen LogP contribution in [0.15, 0.2) is 0 Å². The molecule has 0 radical (unpaired) electrons. The molecule has 28 heavy (non-hydrogen) atoms. The van der Waals surface area contributed by atoms with E-state index < -0.39 is 0 Å². The Morgan fingerprint density at radius 1 is 0.607 bits per heavy atom. The molecule has 0 aliphatic carbocycles. The maximum absolute atomic E-state index is 11.8. The van der Waals surface area contributed by atoms with Gasteiger partial charge in [0.25, 0.3) is 0 Å². The molecule has 168 valence electrons. The predicted molar refractivity (Wildman–Crippen MR) is 123 cm³/mol. The van der Waals surface area contributed by atoms with Crippen molar-refractivity contribution in [2.24, 2.45) is 0 Å². The average Bonchev–Trinajstić information content (AvgIpc) is 2.66. The van der Waals surface area contributed by atoms with Gasteiger partial charge in [-0.25, -0.2) is 0 Å². The second-order valence-electron chi connectivity index (χ2n) is 9.30. The average molecular weight is 399 g/mol. The smallest absolute Gasteiger partial charge is 0.305 e. The zero-order valence-electron chi connectivity index (χ0n) is 19.9. The summed E-state index contributed by atoms with van der Waals surface area (Å²) in [6.45, 7) is 7.64. The van der Waals surface area contributed by atoms with Crippen LogP contribution in [0.1, 0.15) is 123 Å². The van der Waals surface area contributed by atoms with Crippen molar-refractivity contribution in [2.75, 3.05) is 33.8 Å². The molecule has 0 spiro atoms. The fourth-order valence-corrected chi connectivity index (χ4v) is 3.74. The van der Waals surface area contributed by atoms with Crippen LogP contribution in [0.25, 0.3) is 0 Å². The van der Waals surface area contributed by atoms with E-state index in [-0.39, 0.29) is 5.97 Å². The number of hydrogen-bond donors (Lipinski definition) is 0. The van der Waals surface area contributed by atoms with Gasteiger partial charge in [0.15, 0.2) is 0 Å². The van der Waals surface area contributed by atoms with Crippen molar-refractivity contribution in [3.8, 4) is 0 Å². The van der Waals surface area contributed by atoms with E-state index in [1.807, 2.05) is 0 Å². The summed E-state index contributed by atoms with van der Waals surface area (Å²) in [6.07, 6.45) is 21.0. The highest BCUT2D eigenvalue weighted by molar-refractivity contribution is 5.69. The molecule has 0 atom stereocenters. The number of rotatable bonds is 21. The van der Waals surface area contributed by atoms with Gasteiger partial charge < -0.3 is 9.22 Å². The number of carbonyl (C=O) groups is 1. The summed E-state index contributed by atoms with van der Waals surface area (Å²) in [5, 5.41) is 0. The Hall–Kier alpha value is -0.570. The summed E-state index contributed by atoms with van der Waals surface area (Å²) in [4.78, 5) is 11.8. The van der Waals surface area contributed by atoms with Crippen molar-refractivity contribution in [3.63, 3.8) is 0 Å². The SMILES string of the molecule is CCCCCCCCCCCCOC(=O)CCCCC[N+](C)(C)CCCCC. The summed E-state index contributed by atoms with van der Waals surface area (Å²) in [5.41, 5.74) is 0. The lowest BCUT2D eigenvalue weighted by molar-refractivity contribution is -0.890. The first-order valence-corrected chi connectivity index (χ1v) is 12.5. The van der Waals surface area contributed by atoms with E-state index in [0.717, 1.165) is 23.7 Å². The molecule has 0 heterocycles. The zero-order chi connectivity index (χ0) is 20.9. The van der Waals surface area contributed by atoms with Crippen molar-refractivity contribution >= 4 is 5.97 Å². The summed E-state index contributed by atoms with van der Waals surface area (Å²) < 4.78 is 6.50. The molecule has 0 saturated carbocycles. The molecular formula is C25H52NO2+. The van der Waals surface area contributed by atoms with Crippen LogP contribution in [0.2, 0.25) is 0 Å². The maximum atomic E-state index is 11.8. The first-order chi connectivity index (χ1) is 13.5. The minimum atomic E-state index is 0.00706. The van der Waals surface area contributed by atoms with Crippen LogP contribution in [-0.2, 0) is 9.53 Å². The molecule has 3 nitrogen and oxygen atoms in total. The Kier molecular flexibility index (Phi) is 19.3. The van der Waals surface area contributed by atoms with Gasteiger partial charge >= 0.3 is 5.97 Å². The van der Waals surface area contributed by atoms with Gasteiger partial charge in [0.1, 0.15) is 0 Å². The number of quaternary nitrogens is 1. The van der Waals surface area contributed by atoms with Crippen molar-refractivity contribution in [1.29, 1.82) is 0 Å². The molecule has 0 N–H and O–H groups in total. The van der Waals surface area contributed by atoms with Gasteiger partial charge in [0, 0.05) is 6.42 Å². The highest BCUT2D eigenvalue weighted by atomic mass is 16.5. The molecule has 0 aromatic carbocycles. The minimum absolute atomic E-state index is 0.00706. The first kappa shape index (κ1) is 27.4. The Morgan fingerprint density at radius 3 is 1.61 bits per heavy atom. The van der Waals surface area contributed by atoms with Crippen LogP contribution in [0.5, 0.6) is 0 Å². The molecule has 0 aliphatic heterocycles. The highest BCUT2D eigenvalue weighted by Gasteiger charge is 2.13. The van der Waals surface area contributed by atoms with Crippen LogP contribution < -0.4 is 0 Å². The van der Waals surface area contributed by atoms with Gasteiger partial charge in [-0.05, 0) is 38.5 Å².